The standard InChI is InChI=1S/C17H22FN5O6/c1-4-5-6-22-10-7-20-16(19)21-13(10)23(17(22)26)14-12(27-8(2)24)11(18)15(29-14)28-9(3)25/h7,11-12,14-15H,4-6H2,1-3H3,(H2,19,20,21)/t11-,12-,14-,15+/m1/s1. The number of halogens is 1. The number of anilines is 1. The lowest BCUT2D eigenvalue weighted by Gasteiger charge is -2.19. The Kier molecular flexibility index (Phi) is 5.82. The van der Waals surface area contributed by atoms with E-state index in [1.807, 2.05) is 6.92 Å². The fourth-order valence-electron chi connectivity index (χ4n) is 3.21. The minimum Gasteiger partial charge on any atom is -0.454 e. The first kappa shape index (κ1) is 20.7. The van der Waals surface area contributed by atoms with Crippen molar-refractivity contribution in [3.8, 4) is 0 Å². The van der Waals surface area contributed by atoms with Crippen LogP contribution in [-0.4, -0.2) is 49.6 Å². The number of nitrogen functional groups attached to an aromatic ring is 1. The largest absolute Gasteiger partial charge is 0.454 e. The lowest BCUT2D eigenvalue weighted by atomic mass is 10.2. The van der Waals surface area contributed by atoms with E-state index in [2.05, 4.69) is 9.97 Å². The van der Waals surface area contributed by atoms with E-state index in [9.17, 15) is 18.8 Å². The third-order valence-electron chi connectivity index (χ3n) is 4.43. The second kappa shape index (κ2) is 8.15. The molecule has 1 aliphatic heterocycles. The van der Waals surface area contributed by atoms with Crippen molar-refractivity contribution in [1.29, 1.82) is 0 Å². The van der Waals surface area contributed by atoms with Crippen molar-refractivity contribution in [3.05, 3.63) is 16.7 Å². The number of hydrogen-bond acceptors (Lipinski definition) is 9. The number of alkyl halides is 1. The summed E-state index contributed by atoms with van der Waals surface area (Å²) in [5, 5.41) is 0. The zero-order valence-electron chi connectivity index (χ0n) is 16.2. The van der Waals surface area contributed by atoms with Crippen LogP contribution in [0.1, 0.15) is 39.8 Å². The first-order valence-corrected chi connectivity index (χ1v) is 9.11. The van der Waals surface area contributed by atoms with Gasteiger partial charge in [-0.25, -0.2) is 18.7 Å². The topological polar surface area (TPSA) is 141 Å². The Morgan fingerprint density at radius 3 is 2.62 bits per heavy atom. The number of esters is 2. The Morgan fingerprint density at radius 1 is 1.31 bits per heavy atom. The number of carbonyl (C=O) groups excluding carboxylic acids is 2. The smallest absolute Gasteiger partial charge is 0.332 e. The van der Waals surface area contributed by atoms with Crippen LogP contribution in [-0.2, 0) is 30.3 Å². The maximum absolute atomic E-state index is 14.9. The molecule has 12 heteroatoms. The molecule has 0 spiro atoms. The van der Waals surface area contributed by atoms with E-state index >= 15 is 0 Å². The zero-order valence-corrected chi connectivity index (χ0v) is 16.2. The van der Waals surface area contributed by atoms with E-state index in [0.29, 0.717) is 18.5 Å². The van der Waals surface area contributed by atoms with Gasteiger partial charge in [-0.15, -0.1) is 0 Å². The molecule has 0 saturated carbocycles. The molecule has 3 rings (SSSR count). The van der Waals surface area contributed by atoms with E-state index in [-0.39, 0.29) is 11.6 Å². The van der Waals surface area contributed by atoms with Crippen molar-refractivity contribution < 1.29 is 28.2 Å². The van der Waals surface area contributed by atoms with Crippen molar-refractivity contribution in [2.75, 3.05) is 5.73 Å². The molecule has 0 unspecified atom stereocenters. The number of hydrogen-bond donors (Lipinski definition) is 1. The normalized spacial score (nSPS) is 24.0. The number of imidazole rings is 1. The number of carbonyl (C=O) groups is 2. The van der Waals surface area contributed by atoms with Gasteiger partial charge in [0.15, 0.2) is 18.0 Å². The number of nitrogens with zero attached hydrogens (tertiary/aromatic N) is 4. The predicted molar refractivity (Wildman–Crippen MR) is 97.2 cm³/mol. The van der Waals surface area contributed by atoms with Crippen LogP contribution in [0.15, 0.2) is 11.0 Å². The van der Waals surface area contributed by atoms with Crippen LogP contribution in [0.2, 0.25) is 0 Å². The maximum Gasteiger partial charge on any atom is 0.332 e. The average molecular weight is 411 g/mol. The molecule has 4 atom stereocenters. The van der Waals surface area contributed by atoms with Gasteiger partial charge in [-0.2, -0.15) is 4.98 Å². The van der Waals surface area contributed by atoms with Gasteiger partial charge in [0.1, 0.15) is 5.52 Å². The van der Waals surface area contributed by atoms with Crippen LogP contribution in [0, 0.1) is 0 Å². The molecule has 0 radical (unpaired) electrons. The second-order valence-electron chi connectivity index (χ2n) is 6.62. The van der Waals surface area contributed by atoms with Crippen molar-refractivity contribution in [2.24, 2.45) is 0 Å². The molecule has 1 aliphatic rings. The van der Waals surface area contributed by atoms with E-state index in [0.717, 1.165) is 24.8 Å². The van der Waals surface area contributed by atoms with Crippen LogP contribution in [0.25, 0.3) is 11.2 Å². The number of aromatic nitrogens is 4. The molecular weight excluding hydrogens is 389 g/mol. The Balaban J connectivity index is 2.14. The van der Waals surface area contributed by atoms with E-state index in [1.54, 1.807) is 0 Å². The molecule has 0 amide bonds. The van der Waals surface area contributed by atoms with Gasteiger partial charge in [-0.3, -0.25) is 14.2 Å². The number of fused-ring (bicyclic) bond motifs is 1. The summed E-state index contributed by atoms with van der Waals surface area (Å²) in [4.78, 5) is 43.9. The van der Waals surface area contributed by atoms with Gasteiger partial charge in [0.25, 0.3) is 0 Å². The summed E-state index contributed by atoms with van der Waals surface area (Å²) in [7, 11) is 0. The highest BCUT2D eigenvalue weighted by Crippen LogP contribution is 2.35. The van der Waals surface area contributed by atoms with Gasteiger partial charge < -0.3 is 19.9 Å². The van der Waals surface area contributed by atoms with Gasteiger partial charge in [0.2, 0.25) is 18.4 Å². The Hall–Kier alpha value is -3.02. The number of rotatable bonds is 6. The third-order valence-corrected chi connectivity index (χ3v) is 4.43. The molecular formula is C17H22FN5O6. The summed E-state index contributed by atoms with van der Waals surface area (Å²) < 4.78 is 32.7. The molecule has 0 aromatic carbocycles. The third kappa shape index (κ3) is 3.92. The number of unbranched alkanes of at least 4 members (excludes halogenated alkanes) is 1. The minimum absolute atomic E-state index is 0.0939. The molecule has 11 nitrogen and oxygen atoms in total. The fraction of sp³-hybridized carbons (Fsp3) is 0.588. The summed E-state index contributed by atoms with van der Waals surface area (Å²) in [5.74, 6) is -1.68. The summed E-state index contributed by atoms with van der Waals surface area (Å²) in [6.07, 6.45) is -3.69. The predicted octanol–water partition coefficient (Wildman–Crippen LogP) is 0.663. The van der Waals surface area contributed by atoms with Crippen molar-refractivity contribution in [3.63, 3.8) is 0 Å². The summed E-state index contributed by atoms with van der Waals surface area (Å²) in [6, 6.07) is 0. The highest BCUT2D eigenvalue weighted by molar-refractivity contribution is 5.72. The first-order chi connectivity index (χ1) is 13.7. The van der Waals surface area contributed by atoms with E-state index in [4.69, 9.17) is 19.9 Å². The summed E-state index contributed by atoms with van der Waals surface area (Å²) in [5.41, 5.74) is 5.57. The molecule has 2 aromatic rings. The van der Waals surface area contributed by atoms with Gasteiger partial charge in [0, 0.05) is 20.4 Å². The summed E-state index contributed by atoms with van der Waals surface area (Å²) >= 11 is 0. The van der Waals surface area contributed by atoms with Crippen LogP contribution >= 0.6 is 0 Å². The highest BCUT2D eigenvalue weighted by atomic mass is 19.1. The van der Waals surface area contributed by atoms with Crippen molar-refractivity contribution in [2.45, 2.75) is 65.0 Å². The average Bonchev–Trinajstić information content (AvgIpc) is 3.06. The number of ether oxygens (including phenoxy) is 3. The second-order valence-corrected chi connectivity index (χ2v) is 6.62. The molecule has 29 heavy (non-hydrogen) atoms. The lowest BCUT2D eigenvalue weighted by Crippen LogP contribution is -2.37. The minimum atomic E-state index is -2.01. The molecule has 1 fully saturated rings. The fourth-order valence-corrected chi connectivity index (χ4v) is 3.21. The number of nitrogens with two attached hydrogens (primary N) is 1. The van der Waals surface area contributed by atoms with Crippen LogP contribution < -0.4 is 11.4 Å². The van der Waals surface area contributed by atoms with E-state index in [1.165, 1.54) is 10.8 Å². The van der Waals surface area contributed by atoms with Crippen LogP contribution in [0.3, 0.4) is 0 Å². The monoisotopic (exact) mass is 411 g/mol. The van der Waals surface area contributed by atoms with Gasteiger partial charge in [0.05, 0.1) is 6.20 Å². The molecule has 2 aromatic heterocycles. The van der Waals surface area contributed by atoms with Gasteiger partial charge in [-0.1, -0.05) is 13.3 Å². The quantitative estimate of drug-likeness (QED) is 0.679. The van der Waals surface area contributed by atoms with Crippen LogP contribution in [0.4, 0.5) is 10.3 Å². The lowest BCUT2D eigenvalue weighted by molar-refractivity contribution is -0.186. The van der Waals surface area contributed by atoms with Gasteiger partial charge in [-0.05, 0) is 6.42 Å². The molecule has 1 saturated heterocycles. The van der Waals surface area contributed by atoms with Gasteiger partial charge >= 0.3 is 17.6 Å². The van der Waals surface area contributed by atoms with E-state index < -0.39 is 42.4 Å². The SMILES string of the molecule is CCCCn1c(=O)n([C@@H]2O[C@H](OC(C)=O)[C@H](F)[C@H]2OC(C)=O)c2nc(N)ncc21. The molecule has 3 heterocycles. The van der Waals surface area contributed by atoms with Crippen molar-refractivity contribution >= 4 is 29.1 Å². The Labute approximate surface area is 164 Å². The molecule has 158 valence electrons. The Bertz CT molecular complexity index is 989. The molecule has 0 bridgehead atoms. The summed E-state index contributed by atoms with van der Waals surface area (Å²) in [6.45, 7) is 4.51. The number of aryl methyl sites for hydroxylation is 1. The highest BCUT2D eigenvalue weighted by Gasteiger charge is 2.51. The van der Waals surface area contributed by atoms with Crippen LogP contribution in [0.5, 0.6) is 0 Å². The maximum atomic E-state index is 14.9. The zero-order chi connectivity index (χ0) is 21.3. The molecule has 2 N–H and O–H groups in total. The molecule has 0 aliphatic carbocycles. The first-order valence-electron chi connectivity index (χ1n) is 9.11. The van der Waals surface area contributed by atoms with Crippen molar-refractivity contribution in [1.82, 2.24) is 19.1 Å². The Morgan fingerprint density at radius 2 is 2.00 bits per heavy atom.